The van der Waals surface area contributed by atoms with Crippen LogP contribution in [0, 0.1) is 12.3 Å². The second-order valence-electron chi connectivity index (χ2n) is 4.83. The quantitative estimate of drug-likeness (QED) is 0.637. The Kier molecular flexibility index (Phi) is 4.19. The average molecular weight is 225 g/mol. The van der Waals surface area contributed by atoms with Crippen molar-refractivity contribution in [2.45, 2.75) is 38.9 Å². The summed E-state index contributed by atoms with van der Waals surface area (Å²) in [5.74, 6) is 2.54. The normalized spacial score (nSPS) is 21.4. The standard InChI is InChI=1S/C12H19NO3/c1-5-6-10-9-13(7-8-15-10)11(14)16-12(2,3)4/h1,10H,6-9H2,2-4H3. The molecule has 90 valence electrons. The summed E-state index contributed by atoms with van der Waals surface area (Å²) in [7, 11) is 0. The summed E-state index contributed by atoms with van der Waals surface area (Å²) in [6.45, 7) is 7.15. The van der Waals surface area contributed by atoms with Gasteiger partial charge < -0.3 is 14.4 Å². The smallest absolute Gasteiger partial charge is 0.410 e. The fourth-order valence-electron chi connectivity index (χ4n) is 1.47. The van der Waals surface area contributed by atoms with E-state index in [-0.39, 0.29) is 12.2 Å². The Bertz CT molecular complexity index is 288. The molecular weight excluding hydrogens is 206 g/mol. The molecule has 16 heavy (non-hydrogen) atoms. The lowest BCUT2D eigenvalue weighted by molar-refractivity contribution is -0.0399. The first-order valence-corrected chi connectivity index (χ1v) is 5.45. The molecule has 1 aliphatic rings. The first-order valence-electron chi connectivity index (χ1n) is 5.45. The van der Waals surface area contributed by atoms with Gasteiger partial charge in [0.1, 0.15) is 5.60 Å². The van der Waals surface area contributed by atoms with Gasteiger partial charge in [-0.05, 0) is 20.8 Å². The SMILES string of the molecule is C#CCC1CN(C(=O)OC(C)(C)C)CCO1. The van der Waals surface area contributed by atoms with E-state index < -0.39 is 5.60 Å². The number of hydrogen-bond acceptors (Lipinski definition) is 3. The monoisotopic (exact) mass is 225 g/mol. The highest BCUT2D eigenvalue weighted by atomic mass is 16.6. The molecule has 1 atom stereocenters. The molecule has 4 nitrogen and oxygen atoms in total. The second-order valence-corrected chi connectivity index (χ2v) is 4.83. The maximum Gasteiger partial charge on any atom is 0.410 e. The van der Waals surface area contributed by atoms with Gasteiger partial charge in [0.05, 0.1) is 19.3 Å². The summed E-state index contributed by atoms with van der Waals surface area (Å²) in [6, 6.07) is 0. The van der Waals surface area contributed by atoms with Gasteiger partial charge in [0.25, 0.3) is 0 Å². The van der Waals surface area contributed by atoms with Crippen LogP contribution in [0.25, 0.3) is 0 Å². The number of ether oxygens (including phenoxy) is 2. The molecule has 1 unspecified atom stereocenters. The van der Waals surface area contributed by atoms with Crippen molar-refractivity contribution in [2.75, 3.05) is 19.7 Å². The molecule has 1 rings (SSSR count). The number of carbonyl (C=O) groups excluding carboxylic acids is 1. The van der Waals surface area contributed by atoms with Crippen molar-refractivity contribution in [2.24, 2.45) is 0 Å². The second kappa shape index (κ2) is 5.22. The van der Waals surface area contributed by atoms with Crippen LogP contribution in [-0.2, 0) is 9.47 Å². The van der Waals surface area contributed by atoms with E-state index in [0.717, 1.165) is 0 Å². The highest BCUT2D eigenvalue weighted by Gasteiger charge is 2.27. The Morgan fingerprint density at radius 3 is 2.88 bits per heavy atom. The Labute approximate surface area is 96.9 Å². The molecule has 0 aromatic rings. The lowest BCUT2D eigenvalue weighted by Gasteiger charge is -2.33. The van der Waals surface area contributed by atoms with Gasteiger partial charge in [0.2, 0.25) is 0 Å². The molecule has 0 saturated carbocycles. The summed E-state index contributed by atoms with van der Waals surface area (Å²) >= 11 is 0. The average Bonchev–Trinajstić information content (AvgIpc) is 2.16. The molecule has 0 spiro atoms. The first kappa shape index (κ1) is 12.9. The number of morpholine rings is 1. The molecule has 0 bridgehead atoms. The van der Waals surface area contributed by atoms with Crippen LogP contribution in [0.4, 0.5) is 4.79 Å². The van der Waals surface area contributed by atoms with Crippen molar-refractivity contribution in [1.29, 1.82) is 0 Å². The number of terminal acetylenes is 1. The molecule has 4 heteroatoms. The summed E-state index contributed by atoms with van der Waals surface area (Å²) in [5.41, 5.74) is -0.461. The van der Waals surface area contributed by atoms with Gasteiger partial charge in [-0.1, -0.05) is 0 Å². The van der Waals surface area contributed by atoms with Gasteiger partial charge >= 0.3 is 6.09 Å². The van der Waals surface area contributed by atoms with Crippen molar-refractivity contribution in [3.8, 4) is 12.3 Å². The molecule has 0 aliphatic carbocycles. The summed E-state index contributed by atoms with van der Waals surface area (Å²) in [5, 5.41) is 0. The van der Waals surface area contributed by atoms with Crippen molar-refractivity contribution < 1.29 is 14.3 Å². The molecule has 1 heterocycles. The topological polar surface area (TPSA) is 38.8 Å². The van der Waals surface area contributed by atoms with E-state index >= 15 is 0 Å². The fraction of sp³-hybridized carbons (Fsp3) is 0.750. The fourth-order valence-corrected chi connectivity index (χ4v) is 1.47. The van der Waals surface area contributed by atoms with Crippen molar-refractivity contribution in [1.82, 2.24) is 4.90 Å². The maximum atomic E-state index is 11.8. The van der Waals surface area contributed by atoms with Gasteiger partial charge in [-0.3, -0.25) is 0 Å². The van der Waals surface area contributed by atoms with Crippen molar-refractivity contribution in [3.63, 3.8) is 0 Å². The van der Waals surface area contributed by atoms with Gasteiger partial charge in [0, 0.05) is 13.0 Å². The van der Waals surface area contributed by atoms with Gasteiger partial charge in [0.15, 0.2) is 0 Å². The predicted molar refractivity (Wildman–Crippen MR) is 61.0 cm³/mol. The minimum absolute atomic E-state index is 0.0636. The number of amides is 1. The van der Waals surface area contributed by atoms with E-state index in [1.54, 1.807) is 4.90 Å². The van der Waals surface area contributed by atoms with Crippen LogP contribution in [0.5, 0.6) is 0 Å². The molecule has 1 fully saturated rings. The summed E-state index contributed by atoms with van der Waals surface area (Å²) in [4.78, 5) is 13.4. The Hall–Kier alpha value is -1.21. The van der Waals surface area contributed by atoms with Crippen molar-refractivity contribution >= 4 is 6.09 Å². The van der Waals surface area contributed by atoms with Gasteiger partial charge in [-0.2, -0.15) is 0 Å². The molecule has 0 aromatic carbocycles. The van der Waals surface area contributed by atoms with E-state index in [9.17, 15) is 4.79 Å². The Morgan fingerprint density at radius 2 is 2.31 bits per heavy atom. The molecule has 1 saturated heterocycles. The zero-order chi connectivity index (χ0) is 12.2. The van der Waals surface area contributed by atoms with E-state index in [1.807, 2.05) is 20.8 Å². The Balaban J connectivity index is 2.48. The minimum atomic E-state index is -0.461. The highest BCUT2D eigenvalue weighted by Crippen LogP contribution is 2.14. The molecule has 1 amide bonds. The third-order valence-electron chi connectivity index (χ3n) is 2.14. The van der Waals surface area contributed by atoms with E-state index in [4.69, 9.17) is 15.9 Å². The zero-order valence-corrected chi connectivity index (χ0v) is 10.2. The molecule has 1 aliphatic heterocycles. The minimum Gasteiger partial charge on any atom is -0.444 e. The van der Waals surface area contributed by atoms with Crippen LogP contribution < -0.4 is 0 Å². The highest BCUT2D eigenvalue weighted by molar-refractivity contribution is 5.68. The molecule has 0 aromatic heterocycles. The number of hydrogen-bond donors (Lipinski definition) is 0. The van der Waals surface area contributed by atoms with Crippen LogP contribution in [-0.4, -0.2) is 42.4 Å². The summed E-state index contributed by atoms with van der Waals surface area (Å²) in [6.07, 6.45) is 5.39. The van der Waals surface area contributed by atoms with Crippen LogP contribution in [0.3, 0.4) is 0 Å². The number of nitrogens with zero attached hydrogens (tertiary/aromatic N) is 1. The lowest BCUT2D eigenvalue weighted by atomic mass is 10.2. The van der Waals surface area contributed by atoms with Gasteiger partial charge in [-0.25, -0.2) is 4.79 Å². The molecular formula is C12H19NO3. The Morgan fingerprint density at radius 1 is 1.62 bits per heavy atom. The van der Waals surface area contributed by atoms with E-state index in [1.165, 1.54) is 0 Å². The number of carbonyl (C=O) groups is 1. The molecule has 0 N–H and O–H groups in total. The number of rotatable bonds is 1. The largest absolute Gasteiger partial charge is 0.444 e. The third-order valence-corrected chi connectivity index (χ3v) is 2.14. The van der Waals surface area contributed by atoms with Crippen LogP contribution in [0.15, 0.2) is 0 Å². The zero-order valence-electron chi connectivity index (χ0n) is 10.2. The third kappa shape index (κ3) is 4.11. The van der Waals surface area contributed by atoms with Crippen LogP contribution in [0.1, 0.15) is 27.2 Å². The van der Waals surface area contributed by atoms with E-state index in [2.05, 4.69) is 5.92 Å². The van der Waals surface area contributed by atoms with E-state index in [0.29, 0.717) is 26.1 Å². The van der Waals surface area contributed by atoms with Gasteiger partial charge in [-0.15, -0.1) is 12.3 Å². The maximum absolute atomic E-state index is 11.8. The summed E-state index contributed by atoms with van der Waals surface area (Å²) < 4.78 is 10.7. The lowest BCUT2D eigenvalue weighted by Crippen LogP contribution is -2.47. The molecule has 0 radical (unpaired) electrons. The van der Waals surface area contributed by atoms with Crippen molar-refractivity contribution in [3.05, 3.63) is 0 Å². The first-order chi connectivity index (χ1) is 7.42. The van der Waals surface area contributed by atoms with Crippen LogP contribution in [0.2, 0.25) is 0 Å². The van der Waals surface area contributed by atoms with Crippen LogP contribution >= 0.6 is 0 Å². The predicted octanol–water partition coefficient (Wildman–Crippen LogP) is 1.65.